The Labute approximate surface area is 108 Å². The van der Waals surface area contributed by atoms with E-state index in [4.69, 9.17) is 23.2 Å². The number of benzene rings is 2. The van der Waals surface area contributed by atoms with Crippen molar-refractivity contribution < 1.29 is 8.78 Å². The Bertz CT molecular complexity index is 523. The second kappa shape index (κ2) is 5.03. The highest BCUT2D eigenvalue weighted by atomic mass is 35.5. The molecule has 0 aliphatic carbocycles. The van der Waals surface area contributed by atoms with Crippen LogP contribution in [0.25, 0.3) is 0 Å². The van der Waals surface area contributed by atoms with Crippen LogP contribution in [-0.4, -0.2) is 0 Å². The molecule has 2 aromatic carbocycles. The Morgan fingerprint density at radius 2 is 1.59 bits per heavy atom. The van der Waals surface area contributed by atoms with Crippen molar-refractivity contribution in [3.63, 3.8) is 0 Å². The van der Waals surface area contributed by atoms with Gasteiger partial charge in [0.25, 0.3) is 0 Å². The molecule has 2 rings (SSSR count). The van der Waals surface area contributed by atoms with Crippen LogP contribution in [0.3, 0.4) is 0 Å². The standard InChI is InChI=1S/C13H8Cl2F2/c14-12(8-4-6-9(16)7-5-8)10-2-1-3-11(17)13(10)15/h1-7,12H. The molecule has 2 aromatic rings. The fraction of sp³-hybridized carbons (Fsp3) is 0.0769. The Kier molecular flexibility index (Phi) is 3.65. The minimum atomic E-state index is -0.598. The summed E-state index contributed by atoms with van der Waals surface area (Å²) in [6, 6.07) is 10.2. The third kappa shape index (κ3) is 2.59. The second-order valence-corrected chi connectivity index (χ2v) is 4.37. The fourth-order valence-corrected chi connectivity index (χ4v) is 2.15. The zero-order chi connectivity index (χ0) is 12.4. The molecule has 0 nitrogen and oxygen atoms in total. The molecule has 0 amide bonds. The average Bonchev–Trinajstić information content (AvgIpc) is 2.33. The molecule has 0 aliphatic rings. The highest BCUT2D eigenvalue weighted by molar-refractivity contribution is 6.33. The van der Waals surface area contributed by atoms with Gasteiger partial charge in [0.2, 0.25) is 0 Å². The highest BCUT2D eigenvalue weighted by Crippen LogP contribution is 2.34. The van der Waals surface area contributed by atoms with Gasteiger partial charge in [0.05, 0.1) is 10.4 Å². The van der Waals surface area contributed by atoms with Gasteiger partial charge in [-0.3, -0.25) is 0 Å². The van der Waals surface area contributed by atoms with Crippen LogP contribution in [0.15, 0.2) is 42.5 Å². The number of hydrogen-bond acceptors (Lipinski definition) is 0. The lowest BCUT2D eigenvalue weighted by molar-refractivity contribution is 0.624. The van der Waals surface area contributed by atoms with E-state index in [-0.39, 0.29) is 10.8 Å². The van der Waals surface area contributed by atoms with Crippen molar-refractivity contribution in [2.24, 2.45) is 0 Å². The first kappa shape index (κ1) is 12.3. The Hall–Kier alpha value is -1.12. The first-order valence-electron chi connectivity index (χ1n) is 4.93. The van der Waals surface area contributed by atoms with E-state index in [9.17, 15) is 8.78 Å². The number of rotatable bonds is 2. The van der Waals surface area contributed by atoms with Crippen LogP contribution < -0.4 is 0 Å². The van der Waals surface area contributed by atoms with Crippen molar-refractivity contribution in [3.8, 4) is 0 Å². The molecule has 88 valence electrons. The van der Waals surface area contributed by atoms with Crippen molar-refractivity contribution in [2.45, 2.75) is 5.38 Å². The van der Waals surface area contributed by atoms with Crippen molar-refractivity contribution >= 4 is 23.2 Å². The van der Waals surface area contributed by atoms with Gasteiger partial charge in [-0.15, -0.1) is 11.6 Å². The summed E-state index contributed by atoms with van der Waals surface area (Å²) in [5.74, 6) is -0.861. The van der Waals surface area contributed by atoms with E-state index in [2.05, 4.69) is 0 Å². The lowest BCUT2D eigenvalue weighted by Gasteiger charge is -2.12. The molecule has 0 fully saturated rings. The van der Waals surface area contributed by atoms with Gasteiger partial charge in [-0.25, -0.2) is 8.78 Å². The molecule has 0 radical (unpaired) electrons. The zero-order valence-corrected chi connectivity index (χ0v) is 10.1. The van der Waals surface area contributed by atoms with Gasteiger partial charge in [-0.2, -0.15) is 0 Å². The van der Waals surface area contributed by atoms with Crippen molar-refractivity contribution in [1.29, 1.82) is 0 Å². The average molecular weight is 273 g/mol. The molecule has 0 saturated carbocycles. The molecular weight excluding hydrogens is 265 g/mol. The van der Waals surface area contributed by atoms with Crippen LogP contribution in [0.1, 0.15) is 16.5 Å². The largest absolute Gasteiger partial charge is 0.207 e. The summed E-state index contributed by atoms with van der Waals surface area (Å²) in [6.45, 7) is 0. The molecule has 17 heavy (non-hydrogen) atoms. The molecule has 0 spiro atoms. The van der Waals surface area contributed by atoms with E-state index in [1.165, 1.54) is 24.3 Å². The van der Waals surface area contributed by atoms with Crippen molar-refractivity contribution in [1.82, 2.24) is 0 Å². The molecule has 0 heterocycles. The minimum absolute atomic E-state index is 0.00294. The smallest absolute Gasteiger partial charge is 0.142 e. The third-order valence-corrected chi connectivity index (χ3v) is 3.30. The molecule has 4 heteroatoms. The van der Waals surface area contributed by atoms with E-state index in [1.807, 2.05) is 0 Å². The van der Waals surface area contributed by atoms with Gasteiger partial charge in [-0.05, 0) is 29.3 Å². The van der Waals surface area contributed by atoms with Crippen molar-refractivity contribution in [3.05, 3.63) is 70.2 Å². The summed E-state index contributed by atoms with van der Waals surface area (Å²) in [6.07, 6.45) is 0. The molecular formula is C13H8Cl2F2. The van der Waals surface area contributed by atoms with Gasteiger partial charge in [0.1, 0.15) is 11.6 Å². The third-order valence-electron chi connectivity index (χ3n) is 2.42. The normalized spacial score (nSPS) is 12.5. The van der Waals surface area contributed by atoms with Crippen molar-refractivity contribution in [2.75, 3.05) is 0 Å². The second-order valence-electron chi connectivity index (χ2n) is 3.56. The summed E-state index contributed by atoms with van der Waals surface area (Å²) < 4.78 is 26.0. The van der Waals surface area contributed by atoms with E-state index in [0.29, 0.717) is 11.1 Å². The van der Waals surface area contributed by atoms with Crippen LogP contribution >= 0.6 is 23.2 Å². The maximum absolute atomic E-state index is 13.3. The number of alkyl halides is 1. The van der Waals surface area contributed by atoms with Crippen LogP contribution in [0.4, 0.5) is 8.78 Å². The quantitative estimate of drug-likeness (QED) is 0.679. The Morgan fingerprint density at radius 3 is 2.24 bits per heavy atom. The molecule has 1 atom stereocenters. The van der Waals surface area contributed by atoms with Crippen LogP contribution in [0.2, 0.25) is 5.02 Å². The van der Waals surface area contributed by atoms with Crippen LogP contribution in [0.5, 0.6) is 0 Å². The summed E-state index contributed by atoms with van der Waals surface area (Å²) in [5.41, 5.74) is 1.14. The van der Waals surface area contributed by atoms with Gasteiger partial charge in [-0.1, -0.05) is 35.9 Å². The van der Waals surface area contributed by atoms with Gasteiger partial charge in [0, 0.05) is 0 Å². The van der Waals surface area contributed by atoms with Gasteiger partial charge >= 0.3 is 0 Å². The maximum Gasteiger partial charge on any atom is 0.142 e. The predicted molar refractivity (Wildman–Crippen MR) is 65.5 cm³/mol. The number of hydrogen-bond donors (Lipinski definition) is 0. The van der Waals surface area contributed by atoms with Crippen LogP contribution in [-0.2, 0) is 0 Å². The maximum atomic E-state index is 13.3. The van der Waals surface area contributed by atoms with E-state index >= 15 is 0 Å². The van der Waals surface area contributed by atoms with E-state index < -0.39 is 11.2 Å². The molecule has 1 unspecified atom stereocenters. The lowest BCUT2D eigenvalue weighted by Crippen LogP contribution is -1.96. The molecule has 0 aliphatic heterocycles. The Balaban J connectivity index is 2.40. The SMILES string of the molecule is Fc1ccc(C(Cl)c2cccc(F)c2Cl)cc1. The molecule has 0 bridgehead atoms. The monoisotopic (exact) mass is 272 g/mol. The predicted octanol–water partition coefficient (Wildman–Crippen LogP) is 4.95. The zero-order valence-electron chi connectivity index (χ0n) is 8.63. The Morgan fingerprint density at radius 1 is 0.941 bits per heavy atom. The van der Waals surface area contributed by atoms with E-state index in [1.54, 1.807) is 18.2 Å². The first-order chi connectivity index (χ1) is 8.09. The topological polar surface area (TPSA) is 0 Å². The molecule has 0 saturated heterocycles. The lowest BCUT2D eigenvalue weighted by atomic mass is 10.0. The summed E-state index contributed by atoms with van der Waals surface area (Å²) in [7, 11) is 0. The summed E-state index contributed by atoms with van der Waals surface area (Å²) in [5, 5.41) is -0.601. The minimum Gasteiger partial charge on any atom is -0.207 e. The van der Waals surface area contributed by atoms with Crippen LogP contribution in [0, 0.1) is 11.6 Å². The molecule has 0 aromatic heterocycles. The molecule has 0 N–H and O–H groups in total. The summed E-state index contributed by atoms with van der Waals surface area (Å²) >= 11 is 12.0. The van der Waals surface area contributed by atoms with E-state index in [0.717, 1.165) is 0 Å². The van der Waals surface area contributed by atoms with Gasteiger partial charge in [0.15, 0.2) is 0 Å². The fourth-order valence-electron chi connectivity index (χ4n) is 1.53. The first-order valence-corrected chi connectivity index (χ1v) is 5.74. The highest BCUT2D eigenvalue weighted by Gasteiger charge is 2.16. The van der Waals surface area contributed by atoms with Gasteiger partial charge < -0.3 is 0 Å². The summed E-state index contributed by atoms with van der Waals surface area (Å²) in [4.78, 5) is 0. The number of halogens is 4.